The van der Waals surface area contributed by atoms with E-state index >= 15 is 0 Å². The first-order valence-electron chi connectivity index (χ1n) is 9.64. The molecule has 1 saturated heterocycles. The van der Waals surface area contributed by atoms with Gasteiger partial charge in [0.25, 0.3) is 0 Å². The number of hydrogen-bond acceptors (Lipinski definition) is 6. The summed E-state index contributed by atoms with van der Waals surface area (Å²) >= 11 is 0. The maximum Gasteiger partial charge on any atom is 0.220 e. The minimum absolute atomic E-state index is 0.0809. The number of fused-ring (bicyclic) bond motifs is 1. The van der Waals surface area contributed by atoms with E-state index in [1.807, 2.05) is 42.5 Å². The molecule has 3 aromatic rings. The fraction of sp³-hybridized carbons (Fsp3) is 0.318. The van der Waals surface area contributed by atoms with Crippen molar-refractivity contribution in [3.63, 3.8) is 0 Å². The van der Waals surface area contributed by atoms with Crippen LogP contribution in [0.4, 0.5) is 5.82 Å². The van der Waals surface area contributed by atoms with Crippen molar-refractivity contribution in [2.45, 2.75) is 12.8 Å². The lowest BCUT2D eigenvalue weighted by atomic mass is 9.96. The number of ether oxygens (including phenoxy) is 2. The number of methoxy groups -OCH3 is 2. The van der Waals surface area contributed by atoms with Crippen molar-refractivity contribution in [1.29, 1.82) is 0 Å². The lowest BCUT2D eigenvalue weighted by molar-refractivity contribution is -0.122. The first-order valence-corrected chi connectivity index (χ1v) is 9.64. The predicted molar refractivity (Wildman–Crippen MR) is 112 cm³/mol. The number of rotatable bonds is 5. The van der Waals surface area contributed by atoms with Gasteiger partial charge in [-0.1, -0.05) is 30.3 Å². The van der Waals surface area contributed by atoms with Crippen molar-refractivity contribution in [3.8, 4) is 22.9 Å². The smallest absolute Gasteiger partial charge is 0.220 e. The average Bonchev–Trinajstić information content (AvgIpc) is 2.78. The molecule has 4 rings (SSSR count). The van der Waals surface area contributed by atoms with Gasteiger partial charge in [-0.15, -0.1) is 0 Å². The minimum atomic E-state index is -0.228. The Bertz CT molecular complexity index is 1030. The zero-order chi connectivity index (χ0) is 20.4. The fourth-order valence-electron chi connectivity index (χ4n) is 3.77. The van der Waals surface area contributed by atoms with Crippen molar-refractivity contribution in [3.05, 3.63) is 42.5 Å². The number of nitrogens with two attached hydrogens (primary N) is 1. The summed E-state index contributed by atoms with van der Waals surface area (Å²) in [4.78, 5) is 23.4. The van der Waals surface area contributed by atoms with Gasteiger partial charge in [0.2, 0.25) is 5.91 Å². The Morgan fingerprint density at radius 3 is 2.31 bits per heavy atom. The molecule has 0 spiro atoms. The van der Waals surface area contributed by atoms with Gasteiger partial charge >= 0.3 is 0 Å². The molecule has 2 heterocycles. The number of carbonyl (C=O) groups is 1. The van der Waals surface area contributed by atoms with Crippen molar-refractivity contribution in [2.75, 3.05) is 32.2 Å². The van der Waals surface area contributed by atoms with Gasteiger partial charge in [0.05, 0.1) is 19.7 Å². The second-order valence-corrected chi connectivity index (χ2v) is 7.12. The summed E-state index contributed by atoms with van der Waals surface area (Å²) in [6, 6.07) is 13.7. The third-order valence-corrected chi connectivity index (χ3v) is 5.41. The molecule has 0 bridgehead atoms. The number of carbonyl (C=O) groups excluding carboxylic acids is 1. The van der Waals surface area contributed by atoms with Crippen LogP contribution in [-0.4, -0.2) is 43.2 Å². The molecule has 0 aliphatic carbocycles. The van der Waals surface area contributed by atoms with Crippen LogP contribution in [0.2, 0.25) is 0 Å². The van der Waals surface area contributed by atoms with Crippen LogP contribution in [0.1, 0.15) is 12.8 Å². The number of benzene rings is 2. The standard InChI is InChI=1S/C22H24N4O3/c1-28-18-12-16-17(13-19(18)29-2)24-21(15-6-4-3-5-7-15)25-22(16)26-10-8-14(9-11-26)20(23)27/h3-7,12-14H,8-11H2,1-2H3,(H2,23,27). The molecule has 7 nitrogen and oxygen atoms in total. The Hall–Kier alpha value is -3.35. The SMILES string of the molecule is COc1cc2nc(-c3ccccc3)nc(N3CCC(C(N)=O)CC3)c2cc1OC. The Labute approximate surface area is 169 Å². The minimum Gasteiger partial charge on any atom is -0.493 e. The largest absolute Gasteiger partial charge is 0.493 e. The van der Waals surface area contributed by atoms with E-state index in [9.17, 15) is 4.79 Å². The highest BCUT2D eigenvalue weighted by atomic mass is 16.5. The van der Waals surface area contributed by atoms with Crippen LogP contribution in [-0.2, 0) is 4.79 Å². The van der Waals surface area contributed by atoms with E-state index in [0.29, 0.717) is 30.4 Å². The van der Waals surface area contributed by atoms with E-state index in [-0.39, 0.29) is 11.8 Å². The van der Waals surface area contributed by atoms with Crippen molar-refractivity contribution in [2.24, 2.45) is 11.7 Å². The number of piperidine rings is 1. The van der Waals surface area contributed by atoms with E-state index in [0.717, 1.165) is 35.1 Å². The molecule has 0 unspecified atom stereocenters. The van der Waals surface area contributed by atoms with Crippen LogP contribution >= 0.6 is 0 Å². The van der Waals surface area contributed by atoms with Crippen molar-refractivity contribution in [1.82, 2.24) is 9.97 Å². The summed E-state index contributed by atoms with van der Waals surface area (Å²) in [5, 5.41) is 0.889. The van der Waals surface area contributed by atoms with Crippen LogP contribution in [0.5, 0.6) is 11.5 Å². The molecule has 2 aromatic carbocycles. The molecule has 1 aliphatic rings. The zero-order valence-electron chi connectivity index (χ0n) is 16.6. The Morgan fingerprint density at radius 1 is 1.03 bits per heavy atom. The maximum absolute atomic E-state index is 11.6. The van der Waals surface area contributed by atoms with E-state index < -0.39 is 0 Å². The molecule has 0 saturated carbocycles. The van der Waals surface area contributed by atoms with Crippen molar-refractivity contribution >= 4 is 22.6 Å². The van der Waals surface area contributed by atoms with E-state index in [4.69, 9.17) is 25.2 Å². The number of anilines is 1. The summed E-state index contributed by atoms with van der Waals surface area (Å²) in [5.74, 6) is 2.42. The number of primary amides is 1. The molecule has 1 fully saturated rings. The highest BCUT2D eigenvalue weighted by Gasteiger charge is 2.26. The fourth-order valence-corrected chi connectivity index (χ4v) is 3.77. The van der Waals surface area contributed by atoms with Gasteiger partial charge in [0.1, 0.15) is 5.82 Å². The van der Waals surface area contributed by atoms with Crippen LogP contribution < -0.4 is 20.1 Å². The third-order valence-electron chi connectivity index (χ3n) is 5.41. The molecule has 2 N–H and O–H groups in total. The van der Waals surface area contributed by atoms with Gasteiger partial charge in [0.15, 0.2) is 17.3 Å². The van der Waals surface area contributed by atoms with E-state index in [1.165, 1.54) is 0 Å². The Kier molecular flexibility index (Phi) is 5.20. The zero-order valence-corrected chi connectivity index (χ0v) is 16.6. The van der Waals surface area contributed by atoms with Gasteiger partial charge in [-0.05, 0) is 18.9 Å². The lowest BCUT2D eigenvalue weighted by Gasteiger charge is -2.32. The van der Waals surface area contributed by atoms with Gasteiger partial charge in [-0.25, -0.2) is 9.97 Å². The number of amides is 1. The van der Waals surface area contributed by atoms with Gasteiger partial charge in [-0.2, -0.15) is 0 Å². The maximum atomic E-state index is 11.6. The van der Waals surface area contributed by atoms with Gasteiger partial charge < -0.3 is 20.1 Å². The number of hydrogen-bond donors (Lipinski definition) is 1. The normalized spacial score (nSPS) is 14.8. The van der Waals surface area contributed by atoms with E-state index in [1.54, 1.807) is 14.2 Å². The first kappa shape index (κ1) is 19.0. The molecule has 150 valence electrons. The topological polar surface area (TPSA) is 90.6 Å². The summed E-state index contributed by atoms with van der Waals surface area (Å²) in [6.45, 7) is 1.42. The second-order valence-electron chi connectivity index (χ2n) is 7.12. The Balaban J connectivity index is 1.85. The summed E-state index contributed by atoms with van der Waals surface area (Å²) < 4.78 is 11.0. The van der Waals surface area contributed by atoms with Crippen LogP contribution in [0, 0.1) is 5.92 Å². The van der Waals surface area contributed by atoms with Crippen LogP contribution in [0.15, 0.2) is 42.5 Å². The summed E-state index contributed by atoms with van der Waals surface area (Å²) in [6.07, 6.45) is 1.43. The quantitative estimate of drug-likeness (QED) is 0.718. The van der Waals surface area contributed by atoms with E-state index in [2.05, 4.69) is 4.90 Å². The molecule has 1 aromatic heterocycles. The van der Waals surface area contributed by atoms with Gasteiger partial charge in [0, 0.05) is 36.0 Å². The Morgan fingerprint density at radius 2 is 1.69 bits per heavy atom. The molecule has 0 radical (unpaired) electrons. The molecule has 29 heavy (non-hydrogen) atoms. The number of nitrogens with zero attached hydrogens (tertiary/aromatic N) is 3. The first-order chi connectivity index (χ1) is 14.1. The monoisotopic (exact) mass is 392 g/mol. The molecule has 1 aliphatic heterocycles. The lowest BCUT2D eigenvalue weighted by Crippen LogP contribution is -2.39. The molecule has 7 heteroatoms. The summed E-state index contributed by atoms with van der Waals surface area (Å²) in [5.41, 5.74) is 7.22. The molecular formula is C22H24N4O3. The third kappa shape index (κ3) is 3.68. The van der Waals surface area contributed by atoms with Crippen molar-refractivity contribution < 1.29 is 14.3 Å². The summed E-state index contributed by atoms with van der Waals surface area (Å²) in [7, 11) is 3.22. The highest BCUT2D eigenvalue weighted by Crippen LogP contribution is 2.37. The molecule has 1 amide bonds. The second kappa shape index (κ2) is 7.95. The van der Waals surface area contributed by atoms with Gasteiger partial charge in [-0.3, -0.25) is 4.79 Å². The van der Waals surface area contributed by atoms with Crippen LogP contribution in [0.3, 0.4) is 0 Å². The highest BCUT2D eigenvalue weighted by molar-refractivity contribution is 5.93. The average molecular weight is 392 g/mol. The molecule has 0 atom stereocenters. The van der Waals surface area contributed by atoms with Crippen LogP contribution in [0.25, 0.3) is 22.3 Å². The number of aromatic nitrogens is 2. The molecular weight excluding hydrogens is 368 g/mol. The predicted octanol–water partition coefficient (Wildman–Crippen LogP) is 3.02.